The molecule has 1 N–H and O–H groups in total. The molecule has 0 radical (unpaired) electrons. The average molecular weight is 562 g/mol. The molecule has 0 saturated carbocycles. The number of hydrogen-bond donors (Lipinski definition) is 1. The number of amides is 2. The normalized spacial score (nSPS) is 14.4. The van der Waals surface area contributed by atoms with Gasteiger partial charge in [-0.3, -0.25) is 4.79 Å². The molecular weight excluding hydrogens is 527 g/mol. The number of phenols is 1. The Bertz CT molecular complexity index is 1360. The van der Waals surface area contributed by atoms with Crippen LogP contribution < -0.4 is 0 Å². The Kier molecular flexibility index (Phi) is 8.14. The number of aromatic nitrogens is 2. The van der Waals surface area contributed by atoms with Crippen LogP contribution in [0.15, 0.2) is 30.3 Å². The third-order valence-corrected chi connectivity index (χ3v) is 6.92. The molecule has 2 amide bonds. The van der Waals surface area contributed by atoms with Gasteiger partial charge in [0, 0.05) is 43.3 Å². The average Bonchev–Trinajstić information content (AvgIpc) is 3.21. The van der Waals surface area contributed by atoms with Gasteiger partial charge < -0.3 is 24.2 Å². The van der Waals surface area contributed by atoms with E-state index in [1.807, 2.05) is 31.4 Å². The number of hydrogen-bond acceptors (Lipinski definition) is 5. The molecule has 1 fully saturated rings. The van der Waals surface area contributed by atoms with Gasteiger partial charge in [-0.15, -0.1) is 0 Å². The summed E-state index contributed by atoms with van der Waals surface area (Å²) in [6, 6.07) is 8.59. The van der Waals surface area contributed by atoms with Gasteiger partial charge in [0.2, 0.25) is 0 Å². The summed E-state index contributed by atoms with van der Waals surface area (Å²) >= 11 is 12.5. The lowest BCUT2D eigenvalue weighted by atomic mass is 10.1. The maximum atomic E-state index is 13.4. The molecule has 0 spiro atoms. The monoisotopic (exact) mass is 560 g/mol. The highest BCUT2D eigenvalue weighted by atomic mass is 35.5. The lowest BCUT2D eigenvalue weighted by Gasteiger charge is -2.35. The molecule has 3 aromatic rings. The number of phenolic OH excluding ortho intramolecular Hbond substituents is 1. The second kappa shape index (κ2) is 11.0. The van der Waals surface area contributed by atoms with Gasteiger partial charge in [0.05, 0.1) is 21.6 Å². The number of fused-ring (bicyclic) bond motifs is 1. The first-order valence-electron chi connectivity index (χ1n) is 12.8. The predicted octanol–water partition coefficient (Wildman–Crippen LogP) is 6.45. The van der Waals surface area contributed by atoms with Gasteiger partial charge in [0.25, 0.3) is 5.91 Å². The second-order valence-corrected chi connectivity index (χ2v) is 11.9. The number of rotatable bonds is 5. The summed E-state index contributed by atoms with van der Waals surface area (Å²) in [5, 5.41) is 11.2. The van der Waals surface area contributed by atoms with Crippen molar-refractivity contribution in [2.45, 2.75) is 53.2 Å². The first kappa shape index (κ1) is 28.0. The van der Waals surface area contributed by atoms with E-state index in [1.54, 1.807) is 28.0 Å². The molecule has 1 aliphatic heterocycles. The summed E-state index contributed by atoms with van der Waals surface area (Å²) in [5.74, 6) is 0.786. The van der Waals surface area contributed by atoms with Gasteiger partial charge in [0.1, 0.15) is 17.2 Å². The number of halogens is 2. The lowest BCUT2D eigenvalue weighted by Crippen LogP contribution is -2.51. The number of nitrogens with zero attached hydrogens (tertiary/aromatic N) is 4. The number of imidazole rings is 1. The zero-order chi connectivity index (χ0) is 27.8. The van der Waals surface area contributed by atoms with Gasteiger partial charge in [-0.05, 0) is 63.4 Å². The highest BCUT2D eigenvalue weighted by Crippen LogP contribution is 2.39. The second-order valence-electron chi connectivity index (χ2n) is 11.0. The Morgan fingerprint density at radius 1 is 1.05 bits per heavy atom. The number of aryl methyl sites for hydroxylation is 1. The van der Waals surface area contributed by atoms with Crippen LogP contribution in [0.25, 0.3) is 22.4 Å². The summed E-state index contributed by atoms with van der Waals surface area (Å²) in [5.41, 5.74) is 1.87. The van der Waals surface area contributed by atoms with E-state index < -0.39 is 5.60 Å². The van der Waals surface area contributed by atoms with Gasteiger partial charge in [-0.1, -0.05) is 37.0 Å². The van der Waals surface area contributed by atoms with Crippen molar-refractivity contribution in [3.8, 4) is 17.1 Å². The SMILES string of the molecule is CC(C)CCn1c(-c2cc(Cl)cc(Cl)c2O)nc2cc(C(=O)N3CCN(C(=O)OC(C)(C)C)CC3)ccc21. The maximum absolute atomic E-state index is 13.4. The standard InChI is InChI=1S/C28H34Cl2N4O4/c1-17(2)8-9-34-23-7-6-18(14-22(23)31-25(34)20-15-19(29)16-21(30)24(20)35)26(36)32-10-12-33(13-11-32)27(37)38-28(3,4)5/h6-7,14-17,35H,8-13H2,1-5H3. The van der Waals surface area contributed by atoms with Gasteiger partial charge in [-0.25, -0.2) is 9.78 Å². The molecule has 0 unspecified atom stereocenters. The maximum Gasteiger partial charge on any atom is 0.410 e. The molecule has 1 aliphatic rings. The van der Waals surface area contributed by atoms with Crippen LogP contribution in [-0.2, 0) is 11.3 Å². The number of carbonyl (C=O) groups excluding carboxylic acids is 2. The molecule has 2 heterocycles. The Hall–Kier alpha value is -2.97. The van der Waals surface area contributed by atoms with Crippen molar-refractivity contribution in [2.75, 3.05) is 26.2 Å². The third kappa shape index (κ3) is 6.18. The van der Waals surface area contributed by atoms with E-state index in [0.717, 1.165) is 11.9 Å². The van der Waals surface area contributed by atoms with Crippen LogP contribution >= 0.6 is 23.2 Å². The Labute approximate surface area is 233 Å². The van der Waals surface area contributed by atoms with Crippen LogP contribution in [0, 0.1) is 5.92 Å². The van der Waals surface area contributed by atoms with Crippen LogP contribution in [0.3, 0.4) is 0 Å². The van der Waals surface area contributed by atoms with Crippen LogP contribution in [0.1, 0.15) is 51.4 Å². The number of piperazine rings is 1. The summed E-state index contributed by atoms with van der Waals surface area (Å²) in [6.07, 6.45) is 0.533. The minimum absolute atomic E-state index is 0.0867. The van der Waals surface area contributed by atoms with Gasteiger partial charge >= 0.3 is 6.09 Å². The minimum Gasteiger partial charge on any atom is -0.506 e. The van der Waals surface area contributed by atoms with Crippen LogP contribution in [0.4, 0.5) is 4.79 Å². The van der Waals surface area contributed by atoms with E-state index in [0.29, 0.717) is 66.1 Å². The van der Waals surface area contributed by atoms with E-state index in [2.05, 4.69) is 13.8 Å². The molecule has 1 saturated heterocycles. The van der Waals surface area contributed by atoms with Gasteiger partial charge in [-0.2, -0.15) is 0 Å². The van der Waals surface area contributed by atoms with Crippen LogP contribution in [0.5, 0.6) is 5.75 Å². The van der Waals surface area contributed by atoms with Crippen molar-refractivity contribution in [2.24, 2.45) is 5.92 Å². The zero-order valence-electron chi connectivity index (χ0n) is 22.4. The third-order valence-electron chi connectivity index (χ3n) is 6.41. The van der Waals surface area contributed by atoms with E-state index in [4.69, 9.17) is 32.9 Å². The van der Waals surface area contributed by atoms with E-state index >= 15 is 0 Å². The van der Waals surface area contributed by atoms with Crippen molar-refractivity contribution in [1.82, 2.24) is 19.4 Å². The number of benzene rings is 2. The highest BCUT2D eigenvalue weighted by molar-refractivity contribution is 6.36. The van der Waals surface area contributed by atoms with Crippen molar-refractivity contribution < 1.29 is 19.4 Å². The van der Waals surface area contributed by atoms with Crippen LogP contribution in [0.2, 0.25) is 10.0 Å². The molecule has 10 heteroatoms. The molecule has 2 aromatic carbocycles. The first-order valence-corrected chi connectivity index (χ1v) is 13.6. The van der Waals surface area contributed by atoms with Crippen molar-refractivity contribution in [1.29, 1.82) is 0 Å². The molecule has 0 aliphatic carbocycles. The molecular formula is C28H34Cl2N4O4. The van der Waals surface area contributed by atoms with Crippen molar-refractivity contribution in [3.63, 3.8) is 0 Å². The number of ether oxygens (including phenoxy) is 1. The molecule has 0 bridgehead atoms. The predicted molar refractivity (Wildman–Crippen MR) is 150 cm³/mol. The molecule has 204 valence electrons. The fourth-order valence-electron chi connectivity index (χ4n) is 4.42. The summed E-state index contributed by atoms with van der Waals surface area (Å²) in [6.45, 7) is 12.1. The molecule has 38 heavy (non-hydrogen) atoms. The zero-order valence-corrected chi connectivity index (χ0v) is 23.9. The molecule has 8 nitrogen and oxygen atoms in total. The highest BCUT2D eigenvalue weighted by Gasteiger charge is 2.28. The Morgan fingerprint density at radius 3 is 2.34 bits per heavy atom. The first-order chi connectivity index (χ1) is 17.8. The number of carbonyl (C=O) groups is 2. The van der Waals surface area contributed by atoms with E-state index in [-0.39, 0.29) is 22.8 Å². The summed E-state index contributed by atoms with van der Waals surface area (Å²) in [7, 11) is 0. The smallest absolute Gasteiger partial charge is 0.410 e. The van der Waals surface area contributed by atoms with Gasteiger partial charge in [0.15, 0.2) is 0 Å². The topological polar surface area (TPSA) is 87.9 Å². The molecule has 4 rings (SSSR count). The molecule has 0 atom stereocenters. The lowest BCUT2D eigenvalue weighted by molar-refractivity contribution is 0.0141. The van der Waals surface area contributed by atoms with Crippen molar-refractivity contribution in [3.05, 3.63) is 45.9 Å². The Balaban J connectivity index is 1.61. The van der Waals surface area contributed by atoms with Crippen molar-refractivity contribution >= 4 is 46.2 Å². The summed E-state index contributed by atoms with van der Waals surface area (Å²) in [4.78, 5) is 33.9. The Morgan fingerprint density at radius 2 is 1.71 bits per heavy atom. The van der Waals surface area contributed by atoms with Crippen LogP contribution in [-0.4, -0.2) is 68.2 Å². The summed E-state index contributed by atoms with van der Waals surface area (Å²) < 4.78 is 7.48. The van der Waals surface area contributed by atoms with E-state index in [9.17, 15) is 14.7 Å². The van der Waals surface area contributed by atoms with E-state index in [1.165, 1.54) is 6.07 Å². The minimum atomic E-state index is -0.565. The number of aromatic hydroxyl groups is 1. The fraction of sp³-hybridized carbons (Fsp3) is 0.464. The largest absolute Gasteiger partial charge is 0.506 e. The molecule has 1 aromatic heterocycles. The fourth-order valence-corrected chi connectivity index (χ4v) is 4.91. The quantitative estimate of drug-likeness (QED) is 0.387.